The molecule has 0 spiro atoms. The summed E-state index contributed by atoms with van der Waals surface area (Å²) in [5.74, 6) is 0. The van der Waals surface area contributed by atoms with Gasteiger partial charge in [-0.25, -0.2) is 0 Å². The van der Waals surface area contributed by atoms with E-state index in [-0.39, 0.29) is 32.7 Å². The van der Waals surface area contributed by atoms with Crippen LogP contribution in [0, 0.1) is 27.7 Å². The van der Waals surface area contributed by atoms with Crippen LogP contribution in [0.1, 0.15) is 28.1 Å². The van der Waals surface area contributed by atoms with E-state index >= 15 is 0 Å². The van der Waals surface area contributed by atoms with Crippen molar-refractivity contribution < 1.29 is 37.5 Å². The molecule has 0 saturated carbocycles. The maximum Gasteiger partial charge on any atom is 0.0360 e. The second kappa shape index (κ2) is 4.97. The maximum atomic E-state index is 10.5. The van der Waals surface area contributed by atoms with E-state index in [1.165, 1.54) is 0 Å². The molecule has 1 rings (SSSR count). The molecule has 1 aromatic heterocycles. The molecule has 0 aliphatic rings. The van der Waals surface area contributed by atoms with E-state index in [0.717, 1.165) is 22.4 Å². The van der Waals surface area contributed by atoms with Crippen LogP contribution in [0.4, 0.5) is 0 Å². The molecule has 67 valence electrons. The van der Waals surface area contributed by atoms with Crippen LogP contribution in [0.2, 0.25) is 0 Å². The Balaban J connectivity index is 0.00000144. The van der Waals surface area contributed by atoms with Crippen LogP contribution < -0.4 is 0 Å². The van der Waals surface area contributed by atoms with Crippen molar-refractivity contribution in [2.45, 2.75) is 27.7 Å². The van der Waals surface area contributed by atoms with Crippen molar-refractivity contribution in [3.05, 3.63) is 28.1 Å². The summed E-state index contributed by atoms with van der Waals surface area (Å²) in [5.41, 5.74) is 4.59. The van der Waals surface area contributed by atoms with Gasteiger partial charge in [-0.15, -0.1) is 12.5 Å². The molecule has 0 aliphatic carbocycles. The van der Waals surface area contributed by atoms with Gasteiger partial charge in [0.1, 0.15) is 0 Å². The van der Waals surface area contributed by atoms with Gasteiger partial charge in [0.2, 0.25) is 0 Å². The molecule has 3 heteroatoms. The largest absolute Gasteiger partial charge is 0.417 e. The quantitative estimate of drug-likeness (QED) is 0.712. The van der Waals surface area contributed by atoms with Crippen molar-refractivity contribution in [2.24, 2.45) is 0 Å². The third-order valence-corrected chi connectivity index (χ3v) is 2.40. The first-order valence-corrected chi connectivity index (χ1v) is 3.90. The van der Waals surface area contributed by atoms with Gasteiger partial charge in [0, 0.05) is 44.7 Å². The zero-order valence-corrected chi connectivity index (χ0v) is 11.3. The van der Waals surface area contributed by atoms with Crippen LogP contribution in [-0.2, 0) is 37.5 Å². The van der Waals surface area contributed by atoms with E-state index in [9.17, 15) is 4.79 Å². The van der Waals surface area contributed by atoms with E-state index in [4.69, 9.17) is 0 Å². The molecule has 0 aromatic carbocycles. The summed E-state index contributed by atoms with van der Waals surface area (Å²) in [6, 6.07) is 0. The predicted molar refractivity (Wildman–Crippen MR) is 48.0 cm³/mol. The number of nitrogens with zero attached hydrogens (tertiary/aromatic N) is 1. The van der Waals surface area contributed by atoms with Gasteiger partial charge in [0.15, 0.2) is 0 Å². The topological polar surface area (TPSA) is 30.0 Å². The van der Waals surface area contributed by atoms with Crippen molar-refractivity contribution in [3.63, 3.8) is 0 Å². The van der Waals surface area contributed by atoms with Gasteiger partial charge in [-0.05, 0) is 19.4 Å². The van der Waals surface area contributed by atoms with Gasteiger partial charge in [-0.2, -0.15) is 5.56 Å². The van der Waals surface area contributed by atoms with Crippen molar-refractivity contribution in [1.29, 1.82) is 0 Å². The Hall–Kier alpha value is -0.0761. The summed E-state index contributed by atoms with van der Waals surface area (Å²) < 4.78 is 0. The van der Waals surface area contributed by atoms with Crippen LogP contribution in [0.25, 0.3) is 0 Å². The minimum absolute atomic E-state index is 0. The van der Waals surface area contributed by atoms with Gasteiger partial charge in [0.25, 0.3) is 0 Å². The van der Waals surface area contributed by atoms with Gasteiger partial charge in [0.05, 0.1) is 0 Å². The van der Waals surface area contributed by atoms with E-state index < -0.39 is 0 Å². The third-order valence-electron chi connectivity index (χ3n) is 2.40. The molecule has 0 fully saturated rings. The summed E-state index contributed by atoms with van der Waals surface area (Å²) in [5, 5.41) is 0. The summed E-state index contributed by atoms with van der Waals surface area (Å²) in [7, 11) is 0. The second-order valence-electron chi connectivity index (χ2n) is 3.02. The standard InChI is InChI=1S/C10H12NO.Y/c1-6-7(2)9(4)11-10(5-12)8(6)3;/h1-4H3;/q-1;. The number of hydrogen-bond acceptors (Lipinski definition) is 2. The van der Waals surface area contributed by atoms with Gasteiger partial charge in [-0.1, -0.05) is 12.6 Å². The average Bonchev–Trinajstić information content (AvgIpc) is 2.08. The van der Waals surface area contributed by atoms with E-state index in [1.807, 2.05) is 34.0 Å². The SMILES string of the molecule is Cc1nc([C-]=O)c(C)c(C)c1C.[Y]. The average molecular weight is 251 g/mol. The smallest absolute Gasteiger partial charge is 0.0360 e. The monoisotopic (exact) mass is 251 g/mol. The van der Waals surface area contributed by atoms with Crippen LogP contribution in [0.3, 0.4) is 0 Å². The fourth-order valence-corrected chi connectivity index (χ4v) is 1.16. The molecule has 1 radical (unpaired) electrons. The first-order chi connectivity index (χ1) is 5.57. The summed E-state index contributed by atoms with van der Waals surface area (Å²) >= 11 is 0. The molecule has 13 heavy (non-hydrogen) atoms. The van der Waals surface area contributed by atoms with Crippen LogP contribution in [-0.4, -0.2) is 11.3 Å². The van der Waals surface area contributed by atoms with Crippen LogP contribution in [0.5, 0.6) is 0 Å². The van der Waals surface area contributed by atoms with Crippen molar-refractivity contribution in [2.75, 3.05) is 0 Å². The summed E-state index contributed by atoms with van der Waals surface area (Å²) in [4.78, 5) is 14.6. The summed E-state index contributed by atoms with van der Waals surface area (Å²) in [6.07, 6.45) is 1.84. The molecular formula is C10H12NOY-. The van der Waals surface area contributed by atoms with Crippen molar-refractivity contribution >= 4 is 6.29 Å². The van der Waals surface area contributed by atoms with Crippen molar-refractivity contribution in [3.8, 4) is 0 Å². The Morgan fingerprint density at radius 3 is 2.00 bits per heavy atom. The van der Waals surface area contributed by atoms with E-state index in [2.05, 4.69) is 4.98 Å². The Bertz CT molecular complexity index is 334. The Labute approximate surface area is 104 Å². The number of aromatic nitrogens is 1. The zero-order valence-electron chi connectivity index (χ0n) is 8.43. The molecule has 1 aromatic rings. The van der Waals surface area contributed by atoms with E-state index in [0.29, 0.717) is 5.69 Å². The first kappa shape index (κ1) is 12.9. The van der Waals surface area contributed by atoms with E-state index in [1.54, 1.807) is 0 Å². The van der Waals surface area contributed by atoms with Crippen LogP contribution >= 0.6 is 0 Å². The molecule has 0 atom stereocenters. The third kappa shape index (κ3) is 2.44. The molecule has 0 N–H and O–H groups in total. The molecule has 1 heterocycles. The minimum Gasteiger partial charge on any atom is -0.417 e. The Morgan fingerprint density at radius 1 is 1.00 bits per heavy atom. The molecule has 0 saturated heterocycles. The number of carbonyl (C=O) groups excluding carboxylic acids is 1. The minimum atomic E-state index is 0. The molecule has 0 unspecified atom stereocenters. The normalized spacial score (nSPS) is 9.23. The molecule has 0 bridgehead atoms. The molecule has 2 nitrogen and oxygen atoms in total. The Kier molecular flexibility index (Phi) is 4.94. The zero-order chi connectivity index (χ0) is 9.30. The second-order valence-corrected chi connectivity index (χ2v) is 3.02. The molecular weight excluding hydrogens is 239 g/mol. The number of rotatable bonds is 1. The molecule has 0 aliphatic heterocycles. The maximum absolute atomic E-state index is 10.5. The fourth-order valence-electron chi connectivity index (χ4n) is 1.16. The first-order valence-electron chi connectivity index (χ1n) is 3.90. The van der Waals surface area contributed by atoms with Gasteiger partial charge in [-0.3, -0.25) is 4.98 Å². The van der Waals surface area contributed by atoms with Gasteiger partial charge >= 0.3 is 0 Å². The number of pyridine rings is 1. The number of hydrogen-bond donors (Lipinski definition) is 0. The van der Waals surface area contributed by atoms with Gasteiger partial charge < -0.3 is 4.79 Å². The Morgan fingerprint density at radius 2 is 1.54 bits per heavy atom. The summed E-state index contributed by atoms with van der Waals surface area (Å²) in [6.45, 7) is 7.82. The van der Waals surface area contributed by atoms with Crippen LogP contribution in [0.15, 0.2) is 0 Å². The predicted octanol–water partition coefficient (Wildman–Crippen LogP) is 1.77. The fraction of sp³-hybridized carbons (Fsp3) is 0.400. The van der Waals surface area contributed by atoms with Crippen molar-refractivity contribution in [1.82, 2.24) is 4.98 Å². The molecule has 0 amide bonds. The number of aryl methyl sites for hydroxylation is 1.